The molecule has 0 spiro atoms. The third-order valence-corrected chi connectivity index (χ3v) is 10.4. The molecule has 0 unspecified atom stereocenters. The number of benzene rings is 6. The minimum absolute atomic E-state index is 0.934. The van der Waals surface area contributed by atoms with Gasteiger partial charge in [0, 0.05) is 30.3 Å². The number of rotatable bonds is 3. The Morgan fingerprint density at radius 3 is 1.81 bits per heavy atom. The molecule has 42 heavy (non-hydrogen) atoms. The fourth-order valence-electron chi connectivity index (χ4n) is 6.08. The number of aromatic nitrogens is 2. The van der Waals surface area contributed by atoms with E-state index >= 15 is 0 Å². The van der Waals surface area contributed by atoms with Gasteiger partial charge < -0.3 is 0 Å². The van der Waals surface area contributed by atoms with Crippen LogP contribution in [0.5, 0.6) is 0 Å². The summed E-state index contributed by atoms with van der Waals surface area (Å²) < 4.78 is 3.88. The first kappa shape index (κ1) is 23.8. The lowest BCUT2D eigenvalue weighted by molar-refractivity contribution is 1.43. The van der Waals surface area contributed by atoms with Gasteiger partial charge >= 0.3 is 0 Å². The van der Waals surface area contributed by atoms with Crippen LogP contribution in [-0.2, 0) is 0 Å². The third-order valence-electron chi connectivity index (χ3n) is 8.10. The lowest BCUT2D eigenvalue weighted by Crippen LogP contribution is -1.84. The van der Waals surface area contributed by atoms with Crippen LogP contribution in [0.25, 0.3) is 85.0 Å². The number of fused-ring (bicyclic) bond motifs is 7. The number of thiophene rings is 2. The molecule has 0 aliphatic carbocycles. The maximum atomic E-state index is 5.00. The van der Waals surface area contributed by atoms with Gasteiger partial charge in [0.15, 0.2) is 0 Å². The van der Waals surface area contributed by atoms with Gasteiger partial charge in [0.25, 0.3) is 0 Å². The van der Waals surface area contributed by atoms with E-state index in [1.54, 1.807) is 11.3 Å². The molecule has 9 aromatic rings. The Balaban J connectivity index is 1.19. The molecular formula is C38H22N2S2. The zero-order valence-corrected chi connectivity index (χ0v) is 24.0. The molecule has 0 saturated heterocycles. The molecule has 0 N–H and O–H groups in total. The summed E-state index contributed by atoms with van der Waals surface area (Å²) >= 11 is 3.61. The molecule has 0 amide bonds. The smallest absolute Gasteiger partial charge is 0.143 e. The van der Waals surface area contributed by atoms with E-state index in [2.05, 4.69) is 109 Å². The highest BCUT2D eigenvalue weighted by Gasteiger charge is 2.15. The highest BCUT2D eigenvalue weighted by atomic mass is 32.1. The predicted molar refractivity (Wildman–Crippen MR) is 182 cm³/mol. The Kier molecular flexibility index (Phi) is 5.27. The minimum atomic E-state index is 0.934. The van der Waals surface area contributed by atoms with Gasteiger partial charge in [-0.05, 0) is 63.7 Å². The molecule has 2 nitrogen and oxygen atoms in total. The Morgan fingerprint density at radius 2 is 1.02 bits per heavy atom. The fraction of sp³-hybridized carbons (Fsp3) is 0. The largest absolute Gasteiger partial charge is 0.243 e. The lowest BCUT2D eigenvalue weighted by atomic mass is 9.97. The lowest BCUT2D eigenvalue weighted by Gasteiger charge is -2.08. The van der Waals surface area contributed by atoms with Crippen LogP contribution in [0.3, 0.4) is 0 Å². The summed E-state index contributed by atoms with van der Waals surface area (Å²) in [5, 5.41) is 3.79. The van der Waals surface area contributed by atoms with Gasteiger partial charge in [-0.2, -0.15) is 0 Å². The van der Waals surface area contributed by atoms with Crippen LogP contribution < -0.4 is 0 Å². The molecule has 0 saturated carbocycles. The van der Waals surface area contributed by atoms with Crippen LogP contribution >= 0.6 is 22.7 Å². The van der Waals surface area contributed by atoms with E-state index in [9.17, 15) is 0 Å². The van der Waals surface area contributed by atoms with Crippen molar-refractivity contribution >= 4 is 74.3 Å². The molecule has 0 bridgehead atoms. The number of hydrogen-bond donors (Lipinski definition) is 0. The van der Waals surface area contributed by atoms with Crippen molar-refractivity contribution in [3.05, 3.63) is 133 Å². The second-order valence-corrected chi connectivity index (χ2v) is 12.6. The van der Waals surface area contributed by atoms with Gasteiger partial charge in [-0.25, -0.2) is 9.97 Å². The fourth-order valence-corrected chi connectivity index (χ4v) is 8.46. The first-order valence-corrected chi connectivity index (χ1v) is 15.6. The van der Waals surface area contributed by atoms with E-state index in [1.165, 1.54) is 58.3 Å². The summed E-state index contributed by atoms with van der Waals surface area (Å²) in [6.45, 7) is 0. The van der Waals surface area contributed by atoms with Crippen LogP contribution in [0.15, 0.2) is 133 Å². The SMILES string of the molecule is c1ccc(-c2cccc3c2sc2c(-c4cccc(-c5ccc6sc7nc8ccccc8nc7c6c5)c4)cccc23)cc1. The Labute approximate surface area is 250 Å². The van der Waals surface area contributed by atoms with Crippen molar-refractivity contribution in [2.45, 2.75) is 0 Å². The van der Waals surface area contributed by atoms with E-state index in [4.69, 9.17) is 9.97 Å². The Morgan fingerprint density at radius 1 is 0.405 bits per heavy atom. The van der Waals surface area contributed by atoms with E-state index in [-0.39, 0.29) is 0 Å². The highest BCUT2D eigenvalue weighted by molar-refractivity contribution is 7.27. The van der Waals surface area contributed by atoms with Crippen LogP contribution in [-0.4, -0.2) is 9.97 Å². The third kappa shape index (κ3) is 3.69. The van der Waals surface area contributed by atoms with Crippen molar-refractivity contribution in [2.24, 2.45) is 0 Å². The van der Waals surface area contributed by atoms with Crippen molar-refractivity contribution in [2.75, 3.05) is 0 Å². The molecule has 0 aliphatic rings. The molecule has 9 rings (SSSR count). The van der Waals surface area contributed by atoms with Crippen LogP contribution in [0.2, 0.25) is 0 Å². The maximum absolute atomic E-state index is 5.00. The van der Waals surface area contributed by atoms with Crippen molar-refractivity contribution in [1.29, 1.82) is 0 Å². The second kappa shape index (κ2) is 9.31. The van der Waals surface area contributed by atoms with Gasteiger partial charge in [0.2, 0.25) is 0 Å². The number of hydrogen-bond acceptors (Lipinski definition) is 4. The second-order valence-electron chi connectivity index (χ2n) is 10.6. The number of para-hydroxylation sites is 2. The Hall–Kier alpha value is -4.90. The average molecular weight is 571 g/mol. The number of nitrogens with zero attached hydrogens (tertiary/aromatic N) is 2. The van der Waals surface area contributed by atoms with Gasteiger partial charge in [-0.15, -0.1) is 22.7 Å². The minimum Gasteiger partial charge on any atom is -0.243 e. The van der Waals surface area contributed by atoms with Gasteiger partial charge in [0.1, 0.15) is 10.3 Å². The van der Waals surface area contributed by atoms with Crippen LogP contribution in [0.4, 0.5) is 0 Å². The van der Waals surface area contributed by atoms with Crippen molar-refractivity contribution in [3.63, 3.8) is 0 Å². The standard InChI is InChI=1S/C38H22N2S2/c1-2-9-23(10-3-1)27-13-7-15-29-30-16-8-14-28(37(30)42-36(27)29)26-12-6-11-24(21-26)25-19-20-34-31(22-25)35-38(41-34)40-33-18-5-4-17-32(33)39-35/h1-22H. The van der Waals surface area contributed by atoms with Gasteiger partial charge in [0.05, 0.1) is 11.0 Å². The summed E-state index contributed by atoms with van der Waals surface area (Å²) in [4.78, 5) is 10.9. The maximum Gasteiger partial charge on any atom is 0.143 e. The van der Waals surface area contributed by atoms with E-state index in [1.807, 2.05) is 35.6 Å². The molecule has 196 valence electrons. The quantitative estimate of drug-likeness (QED) is 0.211. The van der Waals surface area contributed by atoms with E-state index < -0.39 is 0 Å². The molecule has 0 fully saturated rings. The van der Waals surface area contributed by atoms with E-state index in [0.717, 1.165) is 26.8 Å². The molecule has 0 radical (unpaired) electrons. The Bertz CT molecular complexity index is 2470. The highest BCUT2D eigenvalue weighted by Crippen LogP contribution is 2.44. The molecule has 3 aromatic heterocycles. The van der Waals surface area contributed by atoms with Gasteiger partial charge in [-0.3, -0.25) is 0 Å². The van der Waals surface area contributed by atoms with Crippen LogP contribution in [0, 0.1) is 0 Å². The summed E-state index contributed by atoms with van der Waals surface area (Å²) in [5.74, 6) is 0. The molecule has 0 aliphatic heterocycles. The normalized spacial score (nSPS) is 11.8. The van der Waals surface area contributed by atoms with Crippen molar-refractivity contribution < 1.29 is 0 Å². The van der Waals surface area contributed by atoms with Crippen molar-refractivity contribution in [3.8, 4) is 33.4 Å². The zero-order valence-electron chi connectivity index (χ0n) is 22.4. The molecule has 6 aromatic carbocycles. The first-order valence-electron chi connectivity index (χ1n) is 14.0. The molecular weight excluding hydrogens is 549 g/mol. The predicted octanol–water partition coefficient (Wildman–Crippen LogP) is 11.4. The summed E-state index contributed by atoms with van der Waals surface area (Å²) in [6, 6.07) is 47.9. The monoisotopic (exact) mass is 570 g/mol. The molecule has 4 heteroatoms. The van der Waals surface area contributed by atoms with E-state index in [0.29, 0.717) is 0 Å². The summed E-state index contributed by atoms with van der Waals surface area (Å²) in [6.07, 6.45) is 0. The topological polar surface area (TPSA) is 25.8 Å². The first-order chi connectivity index (χ1) is 20.8. The van der Waals surface area contributed by atoms with Crippen molar-refractivity contribution in [1.82, 2.24) is 9.97 Å². The summed E-state index contributed by atoms with van der Waals surface area (Å²) in [5.41, 5.74) is 10.3. The zero-order chi connectivity index (χ0) is 27.6. The van der Waals surface area contributed by atoms with Crippen LogP contribution in [0.1, 0.15) is 0 Å². The molecule has 3 heterocycles. The average Bonchev–Trinajstić information content (AvgIpc) is 3.61. The van der Waals surface area contributed by atoms with Gasteiger partial charge in [-0.1, -0.05) is 103 Å². The molecule has 0 atom stereocenters. The summed E-state index contributed by atoms with van der Waals surface area (Å²) in [7, 11) is 0.